The molecule has 0 bridgehead atoms. The summed E-state index contributed by atoms with van der Waals surface area (Å²) in [6, 6.07) is -0.551. The molecule has 1 heterocycles. The van der Waals surface area contributed by atoms with Gasteiger partial charge in [0.1, 0.15) is 6.10 Å². The van der Waals surface area contributed by atoms with Gasteiger partial charge < -0.3 is 25.7 Å². The molecule has 1 aliphatic rings. The van der Waals surface area contributed by atoms with E-state index in [1.165, 1.54) is 0 Å². The molecule has 0 spiro atoms. The fourth-order valence-electron chi connectivity index (χ4n) is 1.53. The van der Waals surface area contributed by atoms with Crippen molar-refractivity contribution in [1.29, 1.82) is 0 Å². The minimum atomic E-state index is -1.18. The molecule has 1 aliphatic heterocycles. The Morgan fingerprint density at radius 2 is 1.85 bits per heavy atom. The van der Waals surface area contributed by atoms with E-state index in [4.69, 9.17) is 5.11 Å². The van der Waals surface area contributed by atoms with Gasteiger partial charge in [0.2, 0.25) is 0 Å². The summed E-state index contributed by atoms with van der Waals surface area (Å²) in [4.78, 5) is 0. The summed E-state index contributed by atoms with van der Waals surface area (Å²) in [5.74, 6) is 0. The molecule has 1 rings (SSSR count). The van der Waals surface area contributed by atoms with Crippen LogP contribution >= 0.6 is 0 Å². The van der Waals surface area contributed by atoms with Gasteiger partial charge in [0.25, 0.3) is 0 Å². The van der Waals surface area contributed by atoms with Gasteiger partial charge in [-0.05, 0) is 19.4 Å². The average molecular weight is 191 g/mol. The monoisotopic (exact) mass is 191 g/mol. The standard InChI is InChI=1S/C8H17NO4/c10-4-5-7(12)8(13)6(11)2-1-3-9-5/h5-13H,1-4H2/t5?,6-,7+,8+/m0/s1. The van der Waals surface area contributed by atoms with E-state index in [0.717, 1.165) is 6.42 Å². The molecule has 78 valence electrons. The van der Waals surface area contributed by atoms with E-state index in [2.05, 4.69) is 5.32 Å². The van der Waals surface area contributed by atoms with Crippen LogP contribution in [0.3, 0.4) is 0 Å². The Bertz CT molecular complexity index is 153. The first-order chi connectivity index (χ1) is 6.16. The van der Waals surface area contributed by atoms with Crippen LogP contribution in [0.4, 0.5) is 0 Å². The summed E-state index contributed by atoms with van der Waals surface area (Å²) in [5, 5.41) is 40.0. The van der Waals surface area contributed by atoms with Crippen molar-refractivity contribution in [2.24, 2.45) is 0 Å². The van der Waals surface area contributed by atoms with E-state index in [1.807, 2.05) is 0 Å². The number of hydrogen-bond donors (Lipinski definition) is 5. The Kier molecular flexibility index (Phi) is 4.08. The van der Waals surface area contributed by atoms with E-state index in [9.17, 15) is 15.3 Å². The zero-order chi connectivity index (χ0) is 9.84. The summed E-state index contributed by atoms with van der Waals surface area (Å²) in [6.07, 6.45) is -2.00. The highest BCUT2D eigenvalue weighted by Crippen LogP contribution is 2.12. The third-order valence-electron chi connectivity index (χ3n) is 2.44. The molecule has 0 aromatic carbocycles. The summed E-state index contributed by atoms with van der Waals surface area (Å²) in [7, 11) is 0. The van der Waals surface area contributed by atoms with Crippen molar-refractivity contribution >= 4 is 0 Å². The first kappa shape index (κ1) is 10.9. The minimum absolute atomic E-state index is 0.245. The van der Waals surface area contributed by atoms with Crippen LogP contribution < -0.4 is 5.32 Å². The molecular formula is C8H17NO4. The molecule has 1 unspecified atom stereocenters. The smallest absolute Gasteiger partial charge is 0.107 e. The Hall–Kier alpha value is -0.200. The molecule has 5 nitrogen and oxygen atoms in total. The maximum absolute atomic E-state index is 9.48. The van der Waals surface area contributed by atoms with E-state index >= 15 is 0 Å². The third-order valence-corrected chi connectivity index (χ3v) is 2.44. The second kappa shape index (κ2) is 4.88. The summed E-state index contributed by atoms with van der Waals surface area (Å²) in [6.45, 7) is 0.386. The lowest BCUT2D eigenvalue weighted by atomic mass is 9.96. The lowest BCUT2D eigenvalue weighted by molar-refractivity contribution is -0.0856. The maximum atomic E-state index is 9.48. The first-order valence-electron chi connectivity index (χ1n) is 4.55. The van der Waals surface area contributed by atoms with E-state index in [0.29, 0.717) is 13.0 Å². The van der Waals surface area contributed by atoms with Gasteiger partial charge >= 0.3 is 0 Å². The van der Waals surface area contributed by atoms with Crippen LogP contribution in [-0.4, -0.2) is 57.9 Å². The molecule has 0 aromatic heterocycles. The van der Waals surface area contributed by atoms with Crippen LogP contribution in [0.1, 0.15) is 12.8 Å². The molecule has 0 saturated carbocycles. The fourth-order valence-corrected chi connectivity index (χ4v) is 1.53. The van der Waals surface area contributed by atoms with E-state index in [1.54, 1.807) is 0 Å². The van der Waals surface area contributed by atoms with Gasteiger partial charge in [-0.2, -0.15) is 0 Å². The van der Waals surface area contributed by atoms with Gasteiger partial charge in [0.05, 0.1) is 24.9 Å². The number of rotatable bonds is 1. The van der Waals surface area contributed by atoms with Crippen molar-refractivity contribution in [1.82, 2.24) is 5.32 Å². The van der Waals surface area contributed by atoms with Gasteiger partial charge in [-0.25, -0.2) is 0 Å². The molecule has 13 heavy (non-hydrogen) atoms. The molecule has 1 saturated heterocycles. The van der Waals surface area contributed by atoms with Crippen molar-refractivity contribution in [3.8, 4) is 0 Å². The Morgan fingerprint density at radius 1 is 1.15 bits per heavy atom. The normalized spacial score (nSPS) is 42.5. The van der Waals surface area contributed by atoms with Crippen LogP contribution in [0.2, 0.25) is 0 Å². The minimum Gasteiger partial charge on any atom is -0.395 e. The topological polar surface area (TPSA) is 93.0 Å². The summed E-state index contributed by atoms with van der Waals surface area (Å²) >= 11 is 0. The van der Waals surface area contributed by atoms with Crippen LogP contribution in [-0.2, 0) is 0 Å². The fraction of sp³-hybridized carbons (Fsp3) is 1.00. The second-order valence-corrected chi connectivity index (χ2v) is 3.43. The maximum Gasteiger partial charge on any atom is 0.107 e. The predicted molar refractivity (Wildman–Crippen MR) is 46.1 cm³/mol. The van der Waals surface area contributed by atoms with Gasteiger partial charge in [0.15, 0.2) is 0 Å². The zero-order valence-electron chi connectivity index (χ0n) is 7.43. The SMILES string of the molecule is OCC1NCCC[C@H](O)[C@@H](O)[C@@H]1O. The molecule has 5 N–H and O–H groups in total. The average Bonchev–Trinajstić information content (AvgIpc) is 2.14. The molecule has 0 radical (unpaired) electrons. The second-order valence-electron chi connectivity index (χ2n) is 3.43. The van der Waals surface area contributed by atoms with Gasteiger partial charge in [0, 0.05) is 0 Å². The third kappa shape index (κ3) is 2.62. The number of nitrogens with one attached hydrogen (secondary N) is 1. The molecule has 0 aliphatic carbocycles. The van der Waals surface area contributed by atoms with Crippen molar-refractivity contribution in [2.45, 2.75) is 37.2 Å². The van der Waals surface area contributed by atoms with Crippen molar-refractivity contribution in [3.05, 3.63) is 0 Å². The van der Waals surface area contributed by atoms with Crippen molar-refractivity contribution in [3.63, 3.8) is 0 Å². The molecule has 1 fully saturated rings. The van der Waals surface area contributed by atoms with Crippen LogP contribution in [0.25, 0.3) is 0 Å². The predicted octanol–water partition coefficient (Wildman–Crippen LogP) is -2.19. The number of hydrogen-bond acceptors (Lipinski definition) is 5. The van der Waals surface area contributed by atoms with E-state index < -0.39 is 24.4 Å². The van der Waals surface area contributed by atoms with Crippen LogP contribution in [0.5, 0.6) is 0 Å². The van der Waals surface area contributed by atoms with Crippen molar-refractivity contribution < 1.29 is 20.4 Å². The molecule has 0 aromatic rings. The highest BCUT2D eigenvalue weighted by Gasteiger charge is 2.31. The zero-order valence-corrected chi connectivity index (χ0v) is 7.43. The lowest BCUT2D eigenvalue weighted by Crippen LogP contribution is -2.54. The highest BCUT2D eigenvalue weighted by atomic mass is 16.4. The highest BCUT2D eigenvalue weighted by molar-refractivity contribution is 4.87. The summed E-state index contributed by atoms with van der Waals surface area (Å²) in [5.41, 5.74) is 0. The molecular weight excluding hydrogens is 174 g/mol. The lowest BCUT2D eigenvalue weighted by Gasteiger charge is -2.31. The number of aliphatic hydroxyl groups excluding tert-OH is 4. The van der Waals surface area contributed by atoms with Gasteiger partial charge in [-0.15, -0.1) is 0 Å². The van der Waals surface area contributed by atoms with Crippen molar-refractivity contribution in [2.75, 3.05) is 13.2 Å². The quantitative estimate of drug-likeness (QED) is 0.325. The largest absolute Gasteiger partial charge is 0.395 e. The Labute approximate surface area is 77.0 Å². The van der Waals surface area contributed by atoms with Crippen LogP contribution in [0, 0.1) is 0 Å². The number of aliphatic hydroxyl groups is 4. The summed E-state index contributed by atoms with van der Waals surface area (Å²) < 4.78 is 0. The van der Waals surface area contributed by atoms with Gasteiger partial charge in [-0.3, -0.25) is 0 Å². The molecule has 0 amide bonds. The molecule has 4 atom stereocenters. The Balaban J connectivity index is 2.58. The van der Waals surface area contributed by atoms with Crippen LogP contribution in [0.15, 0.2) is 0 Å². The molecule has 5 heteroatoms. The first-order valence-corrected chi connectivity index (χ1v) is 4.55. The van der Waals surface area contributed by atoms with E-state index in [-0.39, 0.29) is 6.61 Å². The Morgan fingerprint density at radius 3 is 2.46 bits per heavy atom. The van der Waals surface area contributed by atoms with Gasteiger partial charge in [-0.1, -0.05) is 0 Å².